The Balaban J connectivity index is 1.87. The van der Waals surface area contributed by atoms with Crippen molar-refractivity contribution in [1.82, 2.24) is 5.32 Å². The van der Waals surface area contributed by atoms with Crippen LogP contribution in [0, 0.1) is 5.41 Å². The normalized spacial score (nSPS) is 23.8. The van der Waals surface area contributed by atoms with E-state index >= 15 is 0 Å². The van der Waals surface area contributed by atoms with E-state index in [4.69, 9.17) is 4.99 Å². The van der Waals surface area contributed by atoms with Gasteiger partial charge in [-0.05, 0) is 31.1 Å². The van der Waals surface area contributed by atoms with Crippen LogP contribution in [0.4, 0.5) is 0 Å². The average molecular weight is 240 g/mol. The summed E-state index contributed by atoms with van der Waals surface area (Å²) < 4.78 is 0. The molecule has 1 heterocycles. The summed E-state index contributed by atoms with van der Waals surface area (Å²) in [4.78, 5) is 4.77. The second-order valence-electron chi connectivity index (χ2n) is 5.27. The Bertz CT molecular complexity index is 253. The zero-order valence-electron chi connectivity index (χ0n) is 10.6. The number of aliphatic imine (C=N–C) groups is 1. The highest BCUT2D eigenvalue weighted by atomic mass is 32.2. The molecule has 1 aliphatic carbocycles. The first kappa shape index (κ1) is 12.3. The van der Waals surface area contributed by atoms with Crippen LogP contribution in [-0.2, 0) is 0 Å². The summed E-state index contributed by atoms with van der Waals surface area (Å²) in [7, 11) is 0. The Morgan fingerprint density at radius 2 is 2.00 bits per heavy atom. The Kier molecular flexibility index (Phi) is 4.17. The van der Waals surface area contributed by atoms with Gasteiger partial charge >= 0.3 is 0 Å². The van der Waals surface area contributed by atoms with Crippen molar-refractivity contribution < 1.29 is 0 Å². The van der Waals surface area contributed by atoms with Crippen molar-refractivity contribution in [2.24, 2.45) is 10.4 Å². The second kappa shape index (κ2) is 5.44. The van der Waals surface area contributed by atoms with Crippen LogP contribution in [0.15, 0.2) is 4.99 Å². The van der Waals surface area contributed by atoms with Crippen LogP contribution in [0.5, 0.6) is 0 Å². The summed E-state index contributed by atoms with van der Waals surface area (Å²) >= 11 is 1.96. The van der Waals surface area contributed by atoms with Crippen molar-refractivity contribution in [3.05, 3.63) is 0 Å². The molecule has 0 saturated heterocycles. The summed E-state index contributed by atoms with van der Waals surface area (Å²) in [6.45, 7) is 5.56. The smallest absolute Gasteiger partial charge is 0.156 e. The zero-order valence-corrected chi connectivity index (χ0v) is 11.4. The van der Waals surface area contributed by atoms with Crippen molar-refractivity contribution >= 4 is 16.9 Å². The molecule has 0 aromatic rings. The van der Waals surface area contributed by atoms with Gasteiger partial charge in [-0.25, -0.2) is 0 Å². The Morgan fingerprint density at radius 3 is 2.50 bits per heavy atom. The maximum Gasteiger partial charge on any atom is 0.156 e. The third-order valence-corrected chi connectivity index (χ3v) is 5.33. The van der Waals surface area contributed by atoms with Gasteiger partial charge < -0.3 is 5.32 Å². The topological polar surface area (TPSA) is 24.4 Å². The number of amidine groups is 1. The highest BCUT2D eigenvalue weighted by Crippen LogP contribution is 2.43. The Hall–Kier alpha value is -0.180. The SMILES string of the molecule is CCC(CC)NC1=NCC2(CCCC2)CS1. The first-order valence-electron chi connectivity index (χ1n) is 6.72. The van der Waals surface area contributed by atoms with Crippen LogP contribution < -0.4 is 5.32 Å². The van der Waals surface area contributed by atoms with Crippen LogP contribution >= 0.6 is 11.8 Å². The van der Waals surface area contributed by atoms with Crippen LogP contribution in [0.2, 0.25) is 0 Å². The molecule has 0 radical (unpaired) electrons. The van der Waals surface area contributed by atoms with Gasteiger partial charge in [0.25, 0.3) is 0 Å². The van der Waals surface area contributed by atoms with E-state index in [1.807, 2.05) is 11.8 Å². The van der Waals surface area contributed by atoms with Crippen molar-refractivity contribution in [3.63, 3.8) is 0 Å². The molecule has 2 rings (SSSR count). The van der Waals surface area contributed by atoms with E-state index in [9.17, 15) is 0 Å². The van der Waals surface area contributed by atoms with Crippen LogP contribution in [-0.4, -0.2) is 23.5 Å². The number of hydrogen-bond donors (Lipinski definition) is 1. The molecule has 1 fully saturated rings. The quantitative estimate of drug-likeness (QED) is 0.817. The van der Waals surface area contributed by atoms with Gasteiger partial charge in [-0.1, -0.05) is 38.5 Å². The predicted octanol–water partition coefficient (Wildman–Crippen LogP) is 3.43. The molecule has 2 nitrogen and oxygen atoms in total. The second-order valence-corrected chi connectivity index (χ2v) is 6.24. The summed E-state index contributed by atoms with van der Waals surface area (Å²) in [6, 6.07) is 0.615. The molecule has 0 unspecified atom stereocenters. The van der Waals surface area contributed by atoms with Crippen LogP contribution in [0.3, 0.4) is 0 Å². The lowest BCUT2D eigenvalue weighted by Crippen LogP contribution is -2.37. The number of rotatable bonds is 3. The molecule has 0 aromatic heterocycles. The maximum atomic E-state index is 4.77. The van der Waals surface area contributed by atoms with E-state index in [0.29, 0.717) is 11.5 Å². The summed E-state index contributed by atoms with van der Waals surface area (Å²) in [6.07, 6.45) is 8.04. The number of thioether (sulfide) groups is 1. The van der Waals surface area contributed by atoms with Gasteiger partial charge in [-0.3, -0.25) is 4.99 Å². The van der Waals surface area contributed by atoms with Gasteiger partial charge in [-0.2, -0.15) is 0 Å². The van der Waals surface area contributed by atoms with E-state index in [-0.39, 0.29) is 0 Å². The molecule has 0 atom stereocenters. The molecule has 1 N–H and O–H groups in total. The van der Waals surface area contributed by atoms with Crippen molar-refractivity contribution in [2.45, 2.75) is 58.4 Å². The van der Waals surface area contributed by atoms with E-state index in [0.717, 1.165) is 6.54 Å². The first-order chi connectivity index (χ1) is 7.78. The van der Waals surface area contributed by atoms with Crippen molar-refractivity contribution in [3.8, 4) is 0 Å². The largest absolute Gasteiger partial charge is 0.362 e. The molecule has 1 aliphatic heterocycles. The monoisotopic (exact) mass is 240 g/mol. The fraction of sp³-hybridized carbons (Fsp3) is 0.923. The first-order valence-corrected chi connectivity index (χ1v) is 7.70. The average Bonchev–Trinajstić information content (AvgIpc) is 2.77. The van der Waals surface area contributed by atoms with Gasteiger partial charge in [0.2, 0.25) is 0 Å². The number of hydrogen-bond acceptors (Lipinski definition) is 3. The molecular formula is C13H24N2S. The molecule has 0 aromatic carbocycles. The molecule has 3 heteroatoms. The Labute approximate surface area is 104 Å². The molecule has 0 amide bonds. The minimum atomic E-state index is 0.573. The van der Waals surface area contributed by atoms with Gasteiger partial charge in [0.15, 0.2) is 5.17 Å². The highest BCUT2D eigenvalue weighted by Gasteiger charge is 2.36. The van der Waals surface area contributed by atoms with E-state index in [1.165, 1.54) is 49.4 Å². The van der Waals surface area contributed by atoms with Crippen LogP contribution in [0.25, 0.3) is 0 Å². The third kappa shape index (κ3) is 2.73. The molecule has 1 saturated carbocycles. The van der Waals surface area contributed by atoms with E-state index < -0.39 is 0 Å². The van der Waals surface area contributed by atoms with Crippen LogP contribution in [0.1, 0.15) is 52.4 Å². The number of nitrogens with zero attached hydrogens (tertiary/aromatic N) is 1. The van der Waals surface area contributed by atoms with Gasteiger partial charge in [0.05, 0.1) is 0 Å². The van der Waals surface area contributed by atoms with E-state index in [2.05, 4.69) is 19.2 Å². The lowest BCUT2D eigenvalue weighted by Gasteiger charge is -2.32. The highest BCUT2D eigenvalue weighted by molar-refractivity contribution is 8.13. The molecular weight excluding hydrogens is 216 g/mol. The fourth-order valence-electron chi connectivity index (χ4n) is 2.73. The van der Waals surface area contributed by atoms with Gasteiger partial charge in [0, 0.05) is 18.3 Å². The minimum Gasteiger partial charge on any atom is -0.362 e. The summed E-state index contributed by atoms with van der Waals surface area (Å²) in [5.74, 6) is 1.29. The lowest BCUT2D eigenvalue weighted by atomic mass is 9.89. The van der Waals surface area contributed by atoms with Gasteiger partial charge in [-0.15, -0.1) is 0 Å². The van der Waals surface area contributed by atoms with Crippen molar-refractivity contribution in [2.75, 3.05) is 12.3 Å². The minimum absolute atomic E-state index is 0.573. The third-order valence-electron chi connectivity index (χ3n) is 4.05. The Morgan fingerprint density at radius 1 is 1.31 bits per heavy atom. The fourth-order valence-corrected chi connectivity index (χ4v) is 3.96. The standard InChI is InChI=1S/C13H24N2S/c1-3-11(4-2)15-12-14-9-13(10-16-12)7-5-6-8-13/h11H,3-10H2,1-2H3,(H,14,15). The molecule has 92 valence electrons. The maximum absolute atomic E-state index is 4.77. The van der Waals surface area contributed by atoms with Crippen molar-refractivity contribution in [1.29, 1.82) is 0 Å². The summed E-state index contributed by atoms with van der Waals surface area (Å²) in [5.41, 5.74) is 0.573. The van der Waals surface area contributed by atoms with E-state index in [1.54, 1.807) is 0 Å². The molecule has 1 spiro atoms. The summed E-state index contributed by atoms with van der Waals surface area (Å²) in [5, 5.41) is 4.77. The number of nitrogens with one attached hydrogen (secondary N) is 1. The predicted molar refractivity (Wildman–Crippen MR) is 73.2 cm³/mol. The zero-order chi connectivity index (χ0) is 11.4. The lowest BCUT2D eigenvalue weighted by molar-refractivity contribution is 0.357. The molecule has 0 bridgehead atoms. The molecule has 2 aliphatic rings. The molecule has 16 heavy (non-hydrogen) atoms. The van der Waals surface area contributed by atoms with Gasteiger partial charge in [0.1, 0.15) is 0 Å².